The molecule has 0 spiro atoms. The van der Waals surface area contributed by atoms with Crippen molar-refractivity contribution in [1.82, 2.24) is 4.98 Å². The van der Waals surface area contributed by atoms with E-state index in [9.17, 15) is 4.79 Å². The van der Waals surface area contributed by atoms with Crippen LogP contribution in [0.25, 0.3) is 10.4 Å². The summed E-state index contributed by atoms with van der Waals surface area (Å²) in [5, 5.41) is 0. The first-order chi connectivity index (χ1) is 7.18. The van der Waals surface area contributed by atoms with Crippen molar-refractivity contribution in [3.63, 3.8) is 0 Å². The second kappa shape index (κ2) is 4.24. The molecule has 0 aliphatic heterocycles. The van der Waals surface area contributed by atoms with Gasteiger partial charge in [-0.05, 0) is 21.5 Å². The van der Waals surface area contributed by atoms with Crippen LogP contribution in [0.3, 0.4) is 0 Å². The Balaban J connectivity index is 2.58. The quantitative estimate of drug-likeness (QED) is 0.785. The lowest BCUT2D eigenvalue weighted by Crippen LogP contribution is -1.94. The van der Waals surface area contributed by atoms with Crippen LogP contribution in [-0.2, 0) is 0 Å². The van der Waals surface area contributed by atoms with Crippen LogP contribution in [0.4, 0.5) is 0 Å². The normalized spacial score (nSPS) is 10.3. The standard InChI is InChI=1S/C11H8BrNOS/c1-7(14)9-10(15-11(12)13-9)8-5-3-2-4-6-8/h2-6H,1H3. The lowest BCUT2D eigenvalue weighted by Gasteiger charge is -1.97. The first kappa shape index (κ1) is 10.5. The maximum absolute atomic E-state index is 11.4. The number of carbonyl (C=O) groups is 1. The molecule has 0 radical (unpaired) electrons. The van der Waals surface area contributed by atoms with Gasteiger partial charge in [0.15, 0.2) is 9.70 Å². The molecular formula is C11H8BrNOS. The lowest BCUT2D eigenvalue weighted by atomic mass is 10.1. The number of ketones is 1. The van der Waals surface area contributed by atoms with E-state index in [0.717, 1.165) is 14.4 Å². The molecule has 1 heterocycles. The van der Waals surface area contributed by atoms with Gasteiger partial charge in [0.2, 0.25) is 0 Å². The fourth-order valence-corrected chi connectivity index (χ4v) is 2.83. The third kappa shape index (κ3) is 2.16. The number of Topliss-reactive ketones (excluding diaryl/α,β-unsaturated/α-hetero) is 1. The molecule has 2 nitrogen and oxygen atoms in total. The molecule has 0 atom stereocenters. The van der Waals surface area contributed by atoms with Gasteiger partial charge in [0.1, 0.15) is 5.69 Å². The summed E-state index contributed by atoms with van der Waals surface area (Å²) in [4.78, 5) is 16.5. The summed E-state index contributed by atoms with van der Waals surface area (Å²) < 4.78 is 0.742. The van der Waals surface area contributed by atoms with E-state index >= 15 is 0 Å². The fourth-order valence-electron chi connectivity index (χ4n) is 1.32. The van der Waals surface area contributed by atoms with Crippen LogP contribution < -0.4 is 0 Å². The molecule has 0 bridgehead atoms. The lowest BCUT2D eigenvalue weighted by molar-refractivity contribution is 0.101. The SMILES string of the molecule is CC(=O)c1nc(Br)sc1-c1ccccc1. The van der Waals surface area contributed by atoms with Crippen molar-refractivity contribution >= 4 is 33.0 Å². The third-order valence-corrected chi connectivity index (χ3v) is 3.53. The summed E-state index contributed by atoms with van der Waals surface area (Å²) in [5.41, 5.74) is 1.57. The molecule has 1 aromatic heterocycles. The molecule has 0 fully saturated rings. The topological polar surface area (TPSA) is 30.0 Å². The Morgan fingerprint density at radius 3 is 2.60 bits per heavy atom. The third-order valence-electron chi connectivity index (χ3n) is 1.97. The summed E-state index contributed by atoms with van der Waals surface area (Å²) in [5.74, 6) is -0.00389. The van der Waals surface area contributed by atoms with Gasteiger partial charge in [-0.1, -0.05) is 30.3 Å². The molecule has 15 heavy (non-hydrogen) atoms. The number of aromatic nitrogens is 1. The monoisotopic (exact) mass is 281 g/mol. The molecule has 0 aliphatic carbocycles. The number of halogens is 1. The summed E-state index contributed by atoms with van der Waals surface area (Å²) in [7, 11) is 0. The summed E-state index contributed by atoms with van der Waals surface area (Å²) in [6.07, 6.45) is 0. The molecule has 2 aromatic rings. The van der Waals surface area contributed by atoms with E-state index in [-0.39, 0.29) is 5.78 Å². The van der Waals surface area contributed by atoms with Gasteiger partial charge in [0, 0.05) is 6.92 Å². The van der Waals surface area contributed by atoms with E-state index < -0.39 is 0 Å². The maximum atomic E-state index is 11.4. The maximum Gasteiger partial charge on any atom is 0.179 e. The predicted octanol–water partition coefficient (Wildman–Crippen LogP) is 3.78. The Labute approximate surface area is 100 Å². The molecule has 4 heteroatoms. The first-order valence-corrected chi connectivity index (χ1v) is 6.02. The summed E-state index contributed by atoms with van der Waals surface area (Å²) in [6.45, 7) is 1.54. The van der Waals surface area contributed by atoms with Gasteiger partial charge < -0.3 is 0 Å². The highest BCUT2D eigenvalue weighted by molar-refractivity contribution is 9.11. The number of carbonyl (C=O) groups excluding carboxylic acids is 1. The smallest absolute Gasteiger partial charge is 0.179 e. The Morgan fingerprint density at radius 2 is 2.00 bits per heavy atom. The largest absolute Gasteiger partial charge is 0.293 e. The van der Waals surface area contributed by atoms with E-state index in [2.05, 4.69) is 20.9 Å². The van der Waals surface area contributed by atoms with Gasteiger partial charge in [-0.25, -0.2) is 4.98 Å². The van der Waals surface area contributed by atoms with Gasteiger partial charge in [-0.15, -0.1) is 11.3 Å². The van der Waals surface area contributed by atoms with Gasteiger partial charge in [-0.2, -0.15) is 0 Å². The highest BCUT2D eigenvalue weighted by atomic mass is 79.9. The number of hydrogen-bond acceptors (Lipinski definition) is 3. The molecule has 0 saturated carbocycles. The van der Waals surface area contributed by atoms with E-state index in [1.165, 1.54) is 18.3 Å². The molecule has 2 rings (SSSR count). The van der Waals surface area contributed by atoms with Crippen LogP contribution in [-0.4, -0.2) is 10.8 Å². The van der Waals surface area contributed by atoms with Gasteiger partial charge in [-0.3, -0.25) is 4.79 Å². The van der Waals surface area contributed by atoms with Crippen LogP contribution in [0.15, 0.2) is 34.2 Å². The first-order valence-electron chi connectivity index (χ1n) is 4.41. The molecule has 76 valence electrons. The summed E-state index contributed by atoms with van der Waals surface area (Å²) >= 11 is 4.78. The van der Waals surface area contributed by atoms with Crippen molar-refractivity contribution in [1.29, 1.82) is 0 Å². The highest BCUT2D eigenvalue weighted by Gasteiger charge is 2.14. The van der Waals surface area contributed by atoms with Gasteiger partial charge >= 0.3 is 0 Å². The zero-order chi connectivity index (χ0) is 10.8. The molecule has 0 amide bonds. The van der Waals surface area contributed by atoms with E-state index in [1.807, 2.05) is 30.3 Å². The minimum atomic E-state index is -0.00389. The molecule has 0 aliphatic rings. The van der Waals surface area contributed by atoms with Gasteiger partial charge in [0.25, 0.3) is 0 Å². The van der Waals surface area contributed by atoms with Crippen molar-refractivity contribution in [3.05, 3.63) is 39.9 Å². The number of rotatable bonds is 2. The average molecular weight is 282 g/mol. The Kier molecular flexibility index (Phi) is 2.98. The van der Waals surface area contributed by atoms with Crippen molar-refractivity contribution in [2.45, 2.75) is 6.92 Å². The second-order valence-corrected chi connectivity index (χ2v) is 5.34. The van der Waals surface area contributed by atoms with Crippen molar-refractivity contribution < 1.29 is 4.79 Å². The number of benzene rings is 1. The van der Waals surface area contributed by atoms with E-state index in [0.29, 0.717) is 5.69 Å². The minimum absolute atomic E-state index is 0.00389. The zero-order valence-corrected chi connectivity index (χ0v) is 10.4. The molecule has 0 unspecified atom stereocenters. The van der Waals surface area contributed by atoms with Crippen molar-refractivity contribution in [2.75, 3.05) is 0 Å². The van der Waals surface area contributed by atoms with Crippen LogP contribution in [0.5, 0.6) is 0 Å². The van der Waals surface area contributed by atoms with Crippen LogP contribution in [0.1, 0.15) is 17.4 Å². The molecule has 0 saturated heterocycles. The van der Waals surface area contributed by atoms with Crippen LogP contribution >= 0.6 is 27.3 Å². The van der Waals surface area contributed by atoms with E-state index in [4.69, 9.17) is 0 Å². The minimum Gasteiger partial charge on any atom is -0.293 e. The Bertz CT molecular complexity index is 493. The number of hydrogen-bond donors (Lipinski definition) is 0. The average Bonchev–Trinajstić information content (AvgIpc) is 2.62. The Morgan fingerprint density at radius 1 is 1.33 bits per heavy atom. The second-order valence-electron chi connectivity index (χ2n) is 3.07. The highest BCUT2D eigenvalue weighted by Crippen LogP contribution is 2.32. The van der Waals surface area contributed by atoms with E-state index in [1.54, 1.807) is 0 Å². The van der Waals surface area contributed by atoms with Crippen molar-refractivity contribution in [3.8, 4) is 10.4 Å². The predicted molar refractivity (Wildman–Crippen MR) is 65.3 cm³/mol. The molecular weight excluding hydrogens is 274 g/mol. The Hall–Kier alpha value is -1.00. The molecule has 0 N–H and O–H groups in total. The van der Waals surface area contributed by atoms with Crippen molar-refractivity contribution in [2.24, 2.45) is 0 Å². The molecule has 1 aromatic carbocycles. The fraction of sp³-hybridized carbons (Fsp3) is 0.0909. The van der Waals surface area contributed by atoms with Crippen LogP contribution in [0.2, 0.25) is 0 Å². The zero-order valence-electron chi connectivity index (χ0n) is 8.03. The van der Waals surface area contributed by atoms with Crippen LogP contribution in [0, 0.1) is 0 Å². The number of thiazole rings is 1. The number of nitrogens with zero attached hydrogens (tertiary/aromatic N) is 1. The summed E-state index contributed by atoms with van der Waals surface area (Å²) in [6, 6.07) is 9.81. The van der Waals surface area contributed by atoms with Gasteiger partial charge in [0.05, 0.1) is 4.88 Å².